The van der Waals surface area contributed by atoms with Crippen LogP contribution in [-0.4, -0.2) is 36.4 Å². The minimum atomic E-state index is -0.705. The highest BCUT2D eigenvalue weighted by Gasteiger charge is 2.40. The zero-order chi connectivity index (χ0) is 18.4. The van der Waals surface area contributed by atoms with E-state index in [1.807, 2.05) is 30.3 Å². The van der Waals surface area contributed by atoms with E-state index in [0.717, 1.165) is 11.4 Å². The van der Waals surface area contributed by atoms with Crippen LogP contribution in [0.4, 0.5) is 0 Å². The number of benzene rings is 2. The highest BCUT2D eigenvalue weighted by atomic mass is 79.9. The highest BCUT2D eigenvalue weighted by molar-refractivity contribution is 9.09. The van der Waals surface area contributed by atoms with Crippen LogP contribution in [-0.2, 0) is 20.6 Å². The highest BCUT2D eigenvalue weighted by Crippen LogP contribution is 2.31. The maximum Gasteiger partial charge on any atom is 0.338 e. The van der Waals surface area contributed by atoms with Crippen LogP contribution in [0.2, 0.25) is 5.02 Å². The van der Waals surface area contributed by atoms with E-state index < -0.39 is 5.79 Å². The Morgan fingerprint density at radius 3 is 2.62 bits per heavy atom. The maximum atomic E-state index is 12.0. The predicted octanol–water partition coefficient (Wildman–Crippen LogP) is 4.64. The summed E-state index contributed by atoms with van der Waals surface area (Å²) >= 11 is 9.40. The van der Waals surface area contributed by atoms with Crippen LogP contribution < -0.4 is 0 Å². The van der Waals surface area contributed by atoms with Crippen molar-refractivity contribution in [2.24, 2.45) is 0 Å². The first-order chi connectivity index (χ1) is 12.6. The lowest BCUT2D eigenvalue weighted by Crippen LogP contribution is -2.34. The summed E-state index contributed by atoms with van der Waals surface area (Å²) in [5, 5.41) is 1.27. The zero-order valence-electron chi connectivity index (χ0n) is 14.2. The lowest BCUT2D eigenvalue weighted by atomic mass is 10.1. The van der Waals surface area contributed by atoms with Crippen LogP contribution >= 0.6 is 27.5 Å². The Bertz CT molecular complexity index is 722. The van der Waals surface area contributed by atoms with Crippen molar-refractivity contribution < 1.29 is 19.0 Å². The number of alkyl halides is 1. The van der Waals surface area contributed by atoms with Gasteiger partial charge >= 0.3 is 5.97 Å². The molecule has 138 valence electrons. The molecule has 0 amide bonds. The van der Waals surface area contributed by atoms with Gasteiger partial charge in [-0.3, -0.25) is 0 Å². The normalized spacial score (nSPS) is 22.3. The molecule has 1 fully saturated rings. The fraction of sp³-hybridized carbons (Fsp3) is 0.350. The molecule has 2 atom stereocenters. The second-order valence-corrected chi connectivity index (χ2v) is 7.18. The Morgan fingerprint density at radius 2 is 1.92 bits per heavy atom. The van der Waals surface area contributed by atoms with Gasteiger partial charge in [0.2, 0.25) is 0 Å². The van der Waals surface area contributed by atoms with Crippen molar-refractivity contribution in [1.29, 1.82) is 0 Å². The van der Waals surface area contributed by atoms with Crippen molar-refractivity contribution in [1.82, 2.24) is 0 Å². The SMILES string of the molecule is O=C(OC[C@@H]1CO[C@@](CBr)(CCc2ccc(Cl)cc2)O1)c1ccccc1. The standard InChI is InChI=1S/C20H20BrClO4/c21-14-20(11-10-15-6-8-17(22)9-7-15)25-13-18(26-20)12-24-19(23)16-4-2-1-3-5-16/h1-9,18H,10-14H2/t18-,20+/m1/s1. The smallest absolute Gasteiger partial charge is 0.338 e. The Labute approximate surface area is 166 Å². The van der Waals surface area contributed by atoms with Crippen LogP contribution in [0.15, 0.2) is 54.6 Å². The predicted molar refractivity (Wildman–Crippen MR) is 104 cm³/mol. The molecule has 3 rings (SSSR count). The molecule has 0 aromatic heterocycles. The number of ether oxygens (including phenoxy) is 3. The summed E-state index contributed by atoms with van der Waals surface area (Å²) in [5.74, 6) is -1.06. The molecule has 6 heteroatoms. The lowest BCUT2D eigenvalue weighted by Gasteiger charge is -2.26. The molecule has 0 saturated carbocycles. The first-order valence-corrected chi connectivity index (χ1v) is 9.94. The third-order valence-corrected chi connectivity index (χ3v) is 5.34. The topological polar surface area (TPSA) is 44.8 Å². The van der Waals surface area contributed by atoms with Crippen LogP contribution in [0.1, 0.15) is 22.3 Å². The summed E-state index contributed by atoms with van der Waals surface area (Å²) in [4.78, 5) is 12.0. The number of rotatable bonds is 7. The molecule has 2 aromatic carbocycles. The average molecular weight is 440 g/mol. The molecule has 26 heavy (non-hydrogen) atoms. The van der Waals surface area contributed by atoms with Gasteiger partial charge in [0, 0.05) is 11.4 Å². The quantitative estimate of drug-likeness (QED) is 0.466. The number of hydrogen-bond donors (Lipinski definition) is 0. The number of aryl methyl sites for hydroxylation is 1. The molecule has 2 aromatic rings. The van der Waals surface area contributed by atoms with Crippen molar-refractivity contribution in [2.75, 3.05) is 18.5 Å². The van der Waals surface area contributed by atoms with Crippen molar-refractivity contribution >= 4 is 33.5 Å². The molecular weight excluding hydrogens is 420 g/mol. The number of carbonyl (C=O) groups is 1. The lowest BCUT2D eigenvalue weighted by molar-refractivity contribution is -0.156. The molecule has 1 heterocycles. The molecule has 0 bridgehead atoms. The van der Waals surface area contributed by atoms with Gasteiger partial charge in [0.25, 0.3) is 0 Å². The van der Waals surface area contributed by atoms with E-state index in [9.17, 15) is 4.79 Å². The molecule has 1 saturated heterocycles. The molecule has 0 aliphatic carbocycles. The zero-order valence-corrected chi connectivity index (χ0v) is 16.5. The molecule has 0 unspecified atom stereocenters. The van der Waals surface area contributed by atoms with Gasteiger partial charge in [0.05, 0.1) is 17.5 Å². The average Bonchev–Trinajstić information content (AvgIpc) is 3.10. The van der Waals surface area contributed by atoms with Gasteiger partial charge < -0.3 is 14.2 Å². The molecule has 4 nitrogen and oxygen atoms in total. The fourth-order valence-corrected chi connectivity index (χ4v) is 3.48. The van der Waals surface area contributed by atoms with Gasteiger partial charge in [-0.2, -0.15) is 0 Å². The van der Waals surface area contributed by atoms with Crippen molar-refractivity contribution in [3.8, 4) is 0 Å². The van der Waals surface area contributed by atoms with Crippen molar-refractivity contribution in [3.05, 3.63) is 70.7 Å². The third kappa shape index (κ3) is 5.07. The summed E-state index contributed by atoms with van der Waals surface area (Å²) in [5.41, 5.74) is 1.70. The second kappa shape index (κ2) is 9.00. The van der Waals surface area contributed by atoms with Gasteiger partial charge in [-0.05, 0) is 36.2 Å². The van der Waals surface area contributed by atoms with Crippen molar-refractivity contribution in [2.45, 2.75) is 24.7 Å². The Kier molecular flexibility index (Phi) is 6.70. The molecular formula is C20H20BrClO4. The monoisotopic (exact) mass is 438 g/mol. The van der Waals surface area contributed by atoms with Gasteiger partial charge in [0.15, 0.2) is 5.79 Å². The Morgan fingerprint density at radius 1 is 1.19 bits per heavy atom. The van der Waals surface area contributed by atoms with E-state index in [-0.39, 0.29) is 18.7 Å². The summed E-state index contributed by atoms with van der Waals surface area (Å²) in [6.45, 7) is 0.567. The summed E-state index contributed by atoms with van der Waals surface area (Å²) in [6.07, 6.45) is 1.23. The molecule has 0 N–H and O–H groups in total. The maximum absolute atomic E-state index is 12.0. The number of carbonyl (C=O) groups excluding carboxylic acids is 1. The second-order valence-electron chi connectivity index (χ2n) is 6.19. The first-order valence-electron chi connectivity index (χ1n) is 8.45. The number of halogens is 2. The minimum absolute atomic E-state index is 0.170. The van der Waals surface area contributed by atoms with E-state index in [2.05, 4.69) is 15.9 Å². The van der Waals surface area contributed by atoms with Gasteiger partial charge in [-0.1, -0.05) is 57.9 Å². The van der Waals surface area contributed by atoms with Crippen LogP contribution in [0.5, 0.6) is 0 Å². The Hall–Kier alpha value is -1.40. The van der Waals surface area contributed by atoms with Crippen LogP contribution in [0.25, 0.3) is 0 Å². The van der Waals surface area contributed by atoms with E-state index in [0.29, 0.717) is 23.9 Å². The van der Waals surface area contributed by atoms with E-state index in [4.69, 9.17) is 25.8 Å². The van der Waals surface area contributed by atoms with Gasteiger partial charge in [-0.15, -0.1) is 0 Å². The fourth-order valence-electron chi connectivity index (χ4n) is 2.78. The largest absolute Gasteiger partial charge is 0.459 e. The van der Waals surface area contributed by atoms with Crippen molar-refractivity contribution in [3.63, 3.8) is 0 Å². The summed E-state index contributed by atoms with van der Waals surface area (Å²) < 4.78 is 17.3. The molecule has 1 aliphatic rings. The summed E-state index contributed by atoms with van der Waals surface area (Å²) in [7, 11) is 0. The Balaban J connectivity index is 1.50. The molecule has 0 radical (unpaired) electrons. The minimum Gasteiger partial charge on any atom is -0.459 e. The van der Waals surface area contributed by atoms with E-state index in [1.165, 1.54) is 5.56 Å². The third-order valence-electron chi connectivity index (χ3n) is 4.23. The number of hydrogen-bond acceptors (Lipinski definition) is 4. The number of esters is 1. The molecule has 1 aliphatic heterocycles. The van der Waals surface area contributed by atoms with E-state index in [1.54, 1.807) is 24.3 Å². The van der Waals surface area contributed by atoms with Gasteiger partial charge in [0.1, 0.15) is 12.7 Å². The first kappa shape index (κ1) is 19.4. The molecule has 0 spiro atoms. The van der Waals surface area contributed by atoms with Crippen LogP contribution in [0.3, 0.4) is 0 Å². The summed E-state index contributed by atoms with van der Waals surface area (Å²) in [6, 6.07) is 16.7. The van der Waals surface area contributed by atoms with E-state index >= 15 is 0 Å². The van der Waals surface area contributed by atoms with Crippen LogP contribution in [0, 0.1) is 0 Å². The van der Waals surface area contributed by atoms with Gasteiger partial charge in [-0.25, -0.2) is 4.79 Å².